The number of carbonyl (C=O) groups excluding carboxylic acids is 1. The molecule has 0 aliphatic rings. The van der Waals surface area contributed by atoms with Crippen LogP contribution in [0.25, 0.3) is 0 Å². The largest absolute Gasteiger partial charge is 0.326 e. The summed E-state index contributed by atoms with van der Waals surface area (Å²) in [5.41, 5.74) is 0.183. The average Bonchev–Trinajstić information content (AvgIpc) is 2.41. The molecule has 5 nitrogen and oxygen atoms in total. The smallest absolute Gasteiger partial charge is 0.224 e. The number of halogens is 2. The lowest BCUT2D eigenvalue weighted by Crippen LogP contribution is -2.39. The fourth-order valence-corrected chi connectivity index (χ4v) is 2.48. The van der Waals surface area contributed by atoms with E-state index in [9.17, 15) is 22.0 Å². The summed E-state index contributed by atoms with van der Waals surface area (Å²) in [6.45, 7) is 5.05. The fourth-order valence-electron chi connectivity index (χ4n) is 1.63. The van der Waals surface area contributed by atoms with Crippen LogP contribution >= 0.6 is 0 Å². The molecule has 0 spiro atoms. The van der Waals surface area contributed by atoms with Crippen LogP contribution in [0, 0.1) is 11.6 Å². The first kappa shape index (κ1) is 19.5. The SMILES string of the molecule is CC(C)(C)S(=O)(=O)NCCCCC(=O)Nc1ccc(F)c(F)c1. The molecule has 2 N–H and O–H groups in total. The van der Waals surface area contributed by atoms with Crippen molar-refractivity contribution in [1.29, 1.82) is 0 Å². The highest BCUT2D eigenvalue weighted by Gasteiger charge is 2.27. The van der Waals surface area contributed by atoms with Crippen LogP contribution in [0.3, 0.4) is 0 Å². The highest BCUT2D eigenvalue weighted by Crippen LogP contribution is 2.14. The minimum absolute atomic E-state index is 0.163. The van der Waals surface area contributed by atoms with Gasteiger partial charge in [-0.25, -0.2) is 21.9 Å². The van der Waals surface area contributed by atoms with Gasteiger partial charge in [0.25, 0.3) is 0 Å². The molecule has 1 rings (SSSR count). The van der Waals surface area contributed by atoms with E-state index in [4.69, 9.17) is 0 Å². The van der Waals surface area contributed by atoms with E-state index in [1.165, 1.54) is 6.07 Å². The highest BCUT2D eigenvalue weighted by molar-refractivity contribution is 7.90. The van der Waals surface area contributed by atoms with Gasteiger partial charge in [-0.3, -0.25) is 4.79 Å². The molecular formula is C15H22F2N2O3S. The topological polar surface area (TPSA) is 75.3 Å². The van der Waals surface area contributed by atoms with Crippen LogP contribution in [0.1, 0.15) is 40.0 Å². The van der Waals surface area contributed by atoms with Gasteiger partial charge in [-0.1, -0.05) is 0 Å². The van der Waals surface area contributed by atoms with E-state index in [-0.39, 0.29) is 24.6 Å². The van der Waals surface area contributed by atoms with E-state index in [0.29, 0.717) is 12.8 Å². The summed E-state index contributed by atoms with van der Waals surface area (Å²) < 4.78 is 51.0. The molecule has 23 heavy (non-hydrogen) atoms. The van der Waals surface area contributed by atoms with Crippen molar-refractivity contribution in [3.05, 3.63) is 29.8 Å². The molecule has 1 amide bonds. The quantitative estimate of drug-likeness (QED) is 0.744. The molecule has 0 aliphatic heterocycles. The molecule has 0 radical (unpaired) electrons. The van der Waals surface area contributed by atoms with Crippen molar-refractivity contribution in [2.45, 2.75) is 44.8 Å². The van der Waals surface area contributed by atoms with Crippen LogP contribution in [0.15, 0.2) is 18.2 Å². The number of sulfonamides is 1. The molecule has 0 atom stereocenters. The monoisotopic (exact) mass is 348 g/mol. The average molecular weight is 348 g/mol. The Morgan fingerprint density at radius 1 is 1.13 bits per heavy atom. The van der Waals surface area contributed by atoms with Crippen molar-refractivity contribution in [1.82, 2.24) is 4.72 Å². The third kappa shape index (κ3) is 6.23. The molecule has 1 aromatic carbocycles. The van der Waals surface area contributed by atoms with Gasteiger partial charge in [0, 0.05) is 24.7 Å². The molecule has 0 saturated carbocycles. The summed E-state index contributed by atoms with van der Waals surface area (Å²) in [6.07, 6.45) is 1.14. The summed E-state index contributed by atoms with van der Waals surface area (Å²) in [6, 6.07) is 3.12. The van der Waals surface area contributed by atoms with Crippen molar-refractivity contribution in [3.63, 3.8) is 0 Å². The predicted molar refractivity (Wildman–Crippen MR) is 85.5 cm³/mol. The summed E-state index contributed by atoms with van der Waals surface area (Å²) in [5, 5.41) is 2.46. The molecule has 130 valence electrons. The van der Waals surface area contributed by atoms with E-state index < -0.39 is 26.4 Å². The summed E-state index contributed by atoms with van der Waals surface area (Å²) in [5.74, 6) is -2.34. The number of carbonyl (C=O) groups is 1. The zero-order valence-corrected chi connectivity index (χ0v) is 14.3. The molecule has 8 heteroatoms. The number of unbranched alkanes of at least 4 members (excludes halogenated alkanes) is 1. The Hall–Kier alpha value is -1.54. The van der Waals surface area contributed by atoms with Gasteiger partial charge >= 0.3 is 0 Å². The number of hydrogen-bond acceptors (Lipinski definition) is 3. The predicted octanol–water partition coefficient (Wildman–Crippen LogP) is 2.79. The first-order valence-corrected chi connectivity index (χ1v) is 8.75. The fraction of sp³-hybridized carbons (Fsp3) is 0.533. The zero-order valence-electron chi connectivity index (χ0n) is 13.4. The number of nitrogens with one attached hydrogen (secondary N) is 2. The maximum absolute atomic E-state index is 13.0. The minimum atomic E-state index is -3.38. The van der Waals surface area contributed by atoms with Crippen molar-refractivity contribution >= 4 is 21.6 Å². The van der Waals surface area contributed by atoms with Crippen LogP contribution in [-0.4, -0.2) is 25.6 Å². The Balaban J connectivity index is 2.31. The van der Waals surface area contributed by atoms with Crippen molar-refractivity contribution in [3.8, 4) is 0 Å². The van der Waals surface area contributed by atoms with Crippen LogP contribution in [-0.2, 0) is 14.8 Å². The standard InChI is InChI=1S/C15H22F2N2O3S/c1-15(2,3)23(21,22)18-9-5-4-6-14(20)19-11-7-8-12(16)13(17)10-11/h7-8,10,18H,4-6,9H2,1-3H3,(H,19,20). The molecule has 0 saturated heterocycles. The molecule has 0 aromatic heterocycles. The Bertz CT molecular complexity index is 655. The van der Waals surface area contributed by atoms with Gasteiger partial charge in [-0.15, -0.1) is 0 Å². The summed E-state index contributed by atoms with van der Waals surface area (Å²) >= 11 is 0. The van der Waals surface area contributed by atoms with E-state index >= 15 is 0 Å². The number of benzene rings is 1. The second-order valence-electron chi connectivity index (χ2n) is 6.14. The third-order valence-electron chi connectivity index (χ3n) is 3.13. The van der Waals surface area contributed by atoms with Gasteiger partial charge in [-0.2, -0.15) is 0 Å². The van der Waals surface area contributed by atoms with Gasteiger partial charge < -0.3 is 5.32 Å². The van der Waals surface area contributed by atoms with Crippen molar-refractivity contribution < 1.29 is 22.0 Å². The Morgan fingerprint density at radius 3 is 2.35 bits per heavy atom. The van der Waals surface area contributed by atoms with E-state index in [0.717, 1.165) is 12.1 Å². The molecule has 1 aromatic rings. The van der Waals surface area contributed by atoms with E-state index in [2.05, 4.69) is 10.0 Å². The van der Waals surface area contributed by atoms with Crippen molar-refractivity contribution in [2.24, 2.45) is 0 Å². The first-order chi connectivity index (χ1) is 10.5. The van der Waals surface area contributed by atoms with Gasteiger partial charge in [0.1, 0.15) is 0 Å². The van der Waals surface area contributed by atoms with Crippen LogP contribution in [0.2, 0.25) is 0 Å². The molecule has 0 aliphatic carbocycles. The second-order valence-corrected chi connectivity index (χ2v) is 8.66. The molecule has 0 unspecified atom stereocenters. The van der Waals surface area contributed by atoms with Crippen molar-refractivity contribution in [2.75, 3.05) is 11.9 Å². The highest BCUT2D eigenvalue weighted by atomic mass is 32.2. The van der Waals surface area contributed by atoms with Crippen LogP contribution in [0.4, 0.5) is 14.5 Å². The minimum Gasteiger partial charge on any atom is -0.326 e. The third-order valence-corrected chi connectivity index (χ3v) is 5.33. The maximum atomic E-state index is 13.0. The van der Waals surface area contributed by atoms with E-state index in [1.54, 1.807) is 20.8 Å². The maximum Gasteiger partial charge on any atom is 0.224 e. The zero-order chi connectivity index (χ0) is 17.7. The Morgan fingerprint density at radius 2 is 1.78 bits per heavy atom. The van der Waals surface area contributed by atoms with Gasteiger partial charge in [0.15, 0.2) is 11.6 Å². The lowest BCUT2D eigenvalue weighted by molar-refractivity contribution is -0.116. The van der Waals surface area contributed by atoms with Gasteiger partial charge in [-0.05, 0) is 45.7 Å². The normalized spacial score (nSPS) is 12.2. The summed E-state index contributed by atoms with van der Waals surface area (Å²) in [7, 11) is -3.38. The number of hydrogen-bond donors (Lipinski definition) is 2. The molecule has 0 bridgehead atoms. The lowest BCUT2D eigenvalue weighted by Gasteiger charge is -2.19. The Kier molecular flexibility index (Phi) is 6.64. The van der Waals surface area contributed by atoms with E-state index in [1.807, 2.05) is 0 Å². The Labute approximate surface area is 135 Å². The number of amides is 1. The summed E-state index contributed by atoms with van der Waals surface area (Å²) in [4.78, 5) is 11.7. The van der Waals surface area contributed by atoms with Gasteiger partial charge in [0.05, 0.1) is 4.75 Å². The number of rotatable bonds is 7. The second kappa shape index (κ2) is 7.83. The first-order valence-electron chi connectivity index (χ1n) is 7.27. The van der Waals surface area contributed by atoms with Crippen LogP contribution < -0.4 is 10.0 Å². The lowest BCUT2D eigenvalue weighted by atomic mass is 10.2. The molecule has 0 heterocycles. The van der Waals surface area contributed by atoms with Crippen LogP contribution in [0.5, 0.6) is 0 Å². The molecular weight excluding hydrogens is 326 g/mol. The van der Waals surface area contributed by atoms with Gasteiger partial charge in [0.2, 0.25) is 15.9 Å². The molecule has 0 fully saturated rings. The number of anilines is 1.